The van der Waals surface area contributed by atoms with Gasteiger partial charge in [-0.05, 0) is 103 Å². The Morgan fingerprint density at radius 2 is 0.771 bits per heavy atom. The zero-order valence-electron chi connectivity index (χ0n) is 44.5. The fraction of sp³-hybridized carbons (Fsp3) is 0.741. The van der Waals surface area contributed by atoms with E-state index in [1.165, 1.54) is 38.5 Å². The second-order valence-electron chi connectivity index (χ2n) is 18.4. The molecule has 12 heteroatoms. The molecular formula is C58H101O11P. The van der Waals surface area contributed by atoms with Gasteiger partial charge in [0.25, 0.3) is 0 Å². The Hall–Kier alpha value is -3.08. The number of hydrogen-bond acceptors (Lipinski definition) is 10. The van der Waals surface area contributed by atoms with Crippen LogP contribution in [0.1, 0.15) is 239 Å². The first-order valence-corrected chi connectivity index (χ1v) is 29.3. The average Bonchev–Trinajstić information content (AvgIpc) is 3.35. The number of unbranched alkanes of at least 4 members (excludes halogenated alkanes) is 22. The minimum atomic E-state index is -4.75. The molecule has 0 spiro atoms. The molecule has 0 aromatic heterocycles. The summed E-state index contributed by atoms with van der Waals surface area (Å²) in [5.41, 5.74) is 0. The quantitative estimate of drug-likeness (QED) is 0.0197. The zero-order chi connectivity index (χ0) is 51.3. The average molecular weight is 1010 g/mol. The van der Waals surface area contributed by atoms with Crippen LogP contribution in [0.15, 0.2) is 72.9 Å². The summed E-state index contributed by atoms with van der Waals surface area (Å²) in [6.45, 7) is 4.42. The van der Waals surface area contributed by atoms with Crippen molar-refractivity contribution in [1.29, 1.82) is 0 Å². The van der Waals surface area contributed by atoms with Gasteiger partial charge in [0, 0.05) is 19.3 Å². The minimum absolute atomic E-state index is 0.152. The Kier molecular flexibility index (Phi) is 50.0. The van der Waals surface area contributed by atoms with Gasteiger partial charge in [0.05, 0.1) is 19.8 Å². The molecule has 0 bridgehead atoms. The molecule has 3 atom stereocenters. The highest BCUT2D eigenvalue weighted by Gasteiger charge is 2.28. The van der Waals surface area contributed by atoms with Crippen molar-refractivity contribution in [3.63, 3.8) is 0 Å². The molecule has 0 amide bonds. The van der Waals surface area contributed by atoms with Crippen LogP contribution in [0.3, 0.4) is 0 Å². The van der Waals surface area contributed by atoms with Crippen LogP contribution in [0.4, 0.5) is 0 Å². The number of carbonyl (C=O) groups excluding carboxylic acids is 3. The van der Waals surface area contributed by atoms with E-state index in [4.69, 9.17) is 23.3 Å². The molecule has 0 heterocycles. The SMILES string of the molecule is CC/C=C\C/C=C\C/C=C\CCCCCCCCCC(=O)OC(COC(=O)CCCCCCC/C=C\CCCCCC)COP(=O)(O)OCC(CO)OC(=O)CCCCCCC/C=C\C/C=C\CCC. The molecule has 0 saturated carbocycles. The Balaban J connectivity index is 4.76. The molecule has 0 saturated heterocycles. The van der Waals surface area contributed by atoms with E-state index in [0.717, 1.165) is 141 Å². The molecule has 0 aliphatic rings. The van der Waals surface area contributed by atoms with Crippen molar-refractivity contribution in [2.24, 2.45) is 0 Å². The third-order valence-corrected chi connectivity index (χ3v) is 12.5. The van der Waals surface area contributed by atoms with Gasteiger partial charge in [-0.3, -0.25) is 23.4 Å². The second kappa shape index (κ2) is 52.2. The standard InChI is InChI=1S/C58H101O11P/c1-4-7-10-13-16-19-22-25-26-27-28-31-34-37-40-43-46-49-58(62)69-55(51-65-56(60)47-44-41-38-35-32-29-23-20-17-14-11-8-5-2)53-67-70(63,64)66-52-54(50-59)68-57(61)48-45-42-39-36-33-30-24-21-18-15-12-9-6-3/h7,10,12,15-16,19-21,23-26,54-55,59H,4-6,8-9,11,13-14,17-18,22,27-53H2,1-3H3,(H,63,64)/b10-7-,15-12-,19-16-,23-20-,24-21-,26-25-. The Labute approximate surface area is 427 Å². The number of aliphatic hydroxyl groups excluding tert-OH is 1. The fourth-order valence-electron chi connectivity index (χ4n) is 7.34. The van der Waals surface area contributed by atoms with Crippen LogP contribution in [0, 0.1) is 0 Å². The van der Waals surface area contributed by atoms with Crippen LogP contribution >= 0.6 is 7.82 Å². The van der Waals surface area contributed by atoms with Crippen LogP contribution in [-0.2, 0) is 42.2 Å². The van der Waals surface area contributed by atoms with E-state index in [2.05, 4.69) is 93.7 Å². The predicted molar refractivity (Wildman–Crippen MR) is 288 cm³/mol. The van der Waals surface area contributed by atoms with E-state index in [-0.39, 0.29) is 25.9 Å². The lowest BCUT2D eigenvalue weighted by Crippen LogP contribution is -2.30. The van der Waals surface area contributed by atoms with E-state index < -0.39 is 57.8 Å². The summed E-state index contributed by atoms with van der Waals surface area (Å²) in [5.74, 6) is -1.50. The van der Waals surface area contributed by atoms with Gasteiger partial charge < -0.3 is 24.2 Å². The smallest absolute Gasteiger partial charge is 0.462 e. The van der Waals surface area contributed by atoms with Crippen molar-refractivity contribution in [3.8, 4) is 0 Å². The normalized spacial score (nSPS) is 14.0. The molecule has 11 nitrogen and oxygen atoms in total. The van der Waals surface area contributed by atoms with Crippen LogP contribution in [0.25, 0.3) is 0 Å². The summed E-state index contributed by atoms with van der Waals surface area (Å²) in [7, 11) is -4.75. The van der Waals surface area contributed by atoms with Gasteiger partial charge >= 0.3 is 25.7 Å². The number of esters is 3. The fourth-order valence-corrected chi connectivity index (χ4v) is 8.13. The topological polar surface area (TPSA) is 155 Å². The van der Waals surface area contributed by atoms with E-state index >= 15 is 0 Å². The van der Waals surface area contributed by atoms with Crippen molar-refractivity contribution < 1.29 is 52.2 Å². The van der Waals surface area contributed by atoms with Crippen LogP contribution in [-0.4, -0.2) is 66.5 Å². The van der Waals surface area contributed by atoms with E-state index in [1.807, 2.05) is 0 Å². The lowest BCUT2D eigenvalue weighted by molar-refractivity contribution is -0.161. The van der Waals surface area contributed by atoms with Gasteiger partial charge in [0.2, 0.25) is 0 Å². The molecule has 0 fully saturated rings. The summed E-state index contributed by atoms with van der Waals surface area (Å²) in [4.78, 5) is 48.4. The van der Waals surface area contributed by atoms with Gasteiger partial charge in [-0.1, -0.05) is 190 Å². The first-order chi connectivity index (χ1) is 34.2. The predicted octanol–water partition coefficient (Wildman–Crippen LogP) is 16.1. The maximum Gasteiger partial charge on any atom is 0.472 e. The molecule has 70 heavy (non-hydrogen) atoms. The number of rotatable bonds is 51. The summed E-state index contributed by atoms with van der Waals surface area (Å²) in [6.07, 6.45) is 57.2. The third-order valence-electron chi connectivity index (χ3n) is 11.6. The van der Waals surface area contributed by atoms with Gasteiger partial charge in [-0.25, -0.2) is 4.57 Å². The molecule has 0 rings (SSSR count). The molecule has 0 radical (unpaired) electrons. The summed E-state index contributed by atoms with van der Waals surface area (Å²) < 4.78 is 39.4. The van der Waals surface area contributed by atoms with E-state index in [0.29, 0.717) is 19.3 Å². The highest BCUT2D eigenvalue weighted by molar-refractivity contribution is 7.47. The number of carbonyl (C=O) groups is 3. The molecule has 3 unspecified atom stereocenters. The van der Waals surface area contributed by atoms with Crippen LogP contribution in [0.2, 0.25) is 0 Å². The third kappa shape index (κ3) is 49.9. The van der Waals surface area contributed by atoms with Crippen LogP contribution < -0.4 is 0 Å². The number of aliphatic hydroxyl groups is 1. The number of allylic oxidation sites excluding steroid dienone is 12. The van der Waals surface area contributed by atoms with Gasteiger partial charge in [0.15, 0.2) is 6.10 Å². The maximum atomic E-state index is 12.9. The Morgan fingerprint density at radius 1 is 0.414 bits per heavy atom. The molecule has 0 aliphatic heterocycles. The van der Waals surface area contributed by atoms with Crippen molar-refractivity contribution in [3.05, 3.63) is 72.9 Å². The number of hydrogen-bond donors (Lipinski definition) is 2. The summed E-state index contributed by atoms with van der Waals surface area (Å²) >= 11 is 0. The zero-order valence-corrected chi connectivity index (χ0v) is 45.4. The molecule has 404 valence electrons. The minimum Gasteiger partial charge on any atom is -0.462 e. The van der Waals surface area contributed by atoms with Gasteiger partial charge in [-0.2, -0.15) is 0 Å². The lowest BCUT2D eigenvalue weighted by atomic mass is 10.1. The van der Waals surface area contributed by atoms with Crippen LogP contribution in [0.5, 0.6) is 0 Å². The second-order valence-corrected chi connectivity index (χ2v) is 19.8. The number of ether oxygens (including phenoxy) is 3. The first kappa shape index (κ1) is 66.9. The van der Waals surface area contributed by atoms with E-state index in [1.54, 1.807) is 0 Å². The van der Waals surface area contributed by atoms with Crippen molar-refractivity contribution in [1.82, 2.24) is 0 Å². The van der Waals surface area contributed by atoms with Crippen molar-refractivity contribution >= 4 is 25.7 Å². The first-order valence-electron chi connectivity index (χ1n) is 27.8. The summed E-state index contributed by atoms with van der Waals surface area (Å²) in [6, 6.07) is 0. The number of phosphoric ester groups is 1. The Morgan fingerprint density at radius 3 is 1.21 bits per heavy atom. The van der Waals surface area contributed by atoms with Gasteiger partial charge in [-0.15, -0.1) is 0 Å². The molecular weight excluding hydrogens is 904 g/mol. The highest BCUT2D eigenvalue weighted by Crippen LogP contribution is 2.43. The highest BCUT2D eigenvalue weighted by atomic mass is 31.2. The van der Waals surface area contributed by atoms with E-state index in [9.17, 15) is 28.9 Å². The molecule has 0 aromatic carbocycles. The number of phosphoric acid groups is 1. The largest absolute Gasteiger partial charge is 0.472 e. The molecule has 0 aliphatic carbocycles. The monoisotopic (exact) mass is 1000 g/mol. The molecule has 0 aromatic rings. The van der Waals surface area contributed by atoms with Crippen molar-refractivity contribution in [2.45, 2.75) is 251 Å². The molecule has 2 N–H and O–H groups in total. The summed E-state index contributed by atoms with van der Waals surface area (Å²) in [5, 5.41) is 9.79. The lowest BCUT2D eigenvalue weighted by Gasteiger charge is -2.21. The Bertz CT molecular complexity index is 1450. The maximum absolute atomic E-state index is 12.9. The van der Waals surface area contributed by atoms with Gasteiger partial charge in [0.1, 0.15) is 12.7 Å². The van der Waals surface area contributed by atoms with Crippen molar-refractivity contribution in [2.75, 3.05) is 26.4 Å².